The lowest BCUT2D eigenvalue weighted by Gasteiger charge is -2.21. The van der Waals surface area contributed by atoms with Crippen molar-refractivity contribution >= 4 is 16.9 Å². The molecule has 6 heteroatoms. The molecule has 1 aromatic heterocycles. The molecule has 4 nitrogen and oxygen atoms in total. The highest BCUT2D eigenvalue weighted by molar-refractivity contribution is 5.94. The predicted molar refractivity (Wildman–Crippen MR) is 84.5 cm³/mol. The van der Waals surface area contributed by atoms with Crippen molar-refractivity contribution in [1.29, 1.82) is 0 Å². The molecule has 1 atom stereocenters. The minimum atomic E-state index is -1.53. The minimum absolute atomic E-state index is 0.248. The van der Waals surface area contributed by atoms with E-state index < -0.39 is 28.7 Å². The molecule has 2 N–H and O–H groups in total. The average Bonchev–Trinajstić information content (AvgIpc) is 2.98. The van der Waals surface area contributed by atoms with Crippen LogP contribution in [0.4, 0.5) is 8.78 Å². The van der Waals surface area contributed by atoms with Crippen LogP contribution in [0.3, 0.4) is 0 Å². The second-order valence-corrected chi connectivity index (χ2v) is 5.70. The smallest absolute Gasteiger partial charge is 0.257 e. The first kappa shape index (κ1) is 16.1. The maximum Gasteiger partial charge on any atom is 0.257 e. The fraction of sp³-hybridized carbons (Fsp3) is 0.167. The summed E-state index contributed by atoms with van der Waals surface area (Å²) in [5, 5.41) is 13.7. The predicted octanol–water partition coefficient (Wildman–Crippen LogP) is 3.35. The maximum absolute atomic E-state index is 13.6. The molecule has 3 aromatic rings. The number of aliphatic hydroxyl groups is 1. The number of rotatable bonds is 4. The highest BCUT2D eigenvalue weighted by Gasteiger charge is 2.29. The van der Waals surface area contributed by atoms with E-state index in [1.165, 1.54) is 13.0 Å². The molecule has 1 heterocycles. The lowest BCUT2D eigenvalue weighted by atomic mass is 10.0. The summed E-state index contributed by atoms with van der Waals surface area (Å²) in [4.78, 5) is 12.0. The van der Waals surface area contributed by atoms with Crippen molar-refractivity contribution in [2.45, 2.75) is 12.5 Å². The minimum Gasteiger partial charge on any atom is -0.458 e. The van der Waals surface area contributed by atoms with E-state index in [1.807, 2.05) is 12.1 Å². The van der Waals surface area contributed by atoms with Gasteiger partial charge >= 0.3 is 0 Å². The van der Waals surface area contributed by atoms with Crippen LogP contribution in [0, 0.1) is 11.6 Å². The summed E-state index contributed by atoms with van der Waals surface area (Å²) in [6, 6.07) is 12.0. The van der Waals surface area contributed by atoms with E-state index in [-0.39, 0.29) is 12.3 Å². The number of hydrogen-bond donors (Lipinski definition) is 2. The number of para-hydroxylation sites is 1. The van der Waals surface area contributed by atoms with Crippen molar-refractivity contribution in [3.05, 3.63) is 71.5 Å². The number of nitrogens with one attached hydrogen (secondary N) is 1. The van der Waals surface area contributed by atoms with Crippen LogP contribution in [-0.4, -0.2) is 17.6 Å². The number of carbonyl (C=O) groups excluding carboxylic acids is 1. The lowest BCUT2D eigenvalue weighted by molar-refractivity contribution is 0.0343. The molecular weight excluding hydrogens is 316 g/mol. The number of halogens is 2. The van der Waals surface area contributed by atoms with Gasteiger partial charge in [-0.15, -0.1) is 0 Å². The third-order valence-corrected chi connectivity index (χ3v) is 3.74. The van der Waals surface area contributed by atoms with Gasteiger partial charge in [0.15, 0.2) is 0 Å². The second kappa shape index (κ2) is 6.05. The molecule has 0 radical (unpaired) electrons. The molecule has 24 heavy (non-hydrogen) atoms. The first-order valence-corrected chi connectivity index (χ1v) is 7.32. The van der Waals surface area contributed by atoms with Gasteiger partial charge in [0, 0.05) is 5.39 Å². The summed E-state index contributed by atoms with van der Waals surface area (Å²) >= 11 is 0. The van der Waals surface area contributed by atoms with Gasteiger partial charge in [-0.05, 0) is 31.2 Å². The van der Waals surface area contributed by atoms with E-state index in [9.17, 15) is 18.7 Å². The van der Waals surface area contributed by atoms with Gasteiger partial charge in [-0.25, -0.2) is 8.78 Å². The van der Waals surface area contributed by atoms with Gasteiger partial charge in [0.05, 0.1) is 6.54 Å². The molecule has 0 aliphatic heterocycles. The summed E-state index contributed by atoms with van der Waals surface area (Å²) in [6.45, 7) is 1.18. The number of fused-ring (bicyclic) bond motifs is 1. The van der Waals surface area contributed by atoms with Crippen LogP contribution >= 0.6 is 0 Å². The molecule has 3 rings (SSSR count). The average molecular weight is 331 g/mol. The molecule has 124 valence electrons. The fourth-order valence-corrected chi connectivity index (χ4v) is 2.39. The van der Waals surface area contributed by atoms with Crippen molar-refractivity contribution in [2.24, 2.45) is 0 Å². The molecule has 0 fully saturated rings. The summed E-state index contributed by atoms with van der Waals surface area (Å²) in [6.07, 6.45) is 0. The van der Waals surface area contributed by atoms with E-state index in [2.05, 4.69) is 5.32 Å². The van der Waals surface area contributed by atoms with Crippen molar-refractivity contribution in [3.63, 3.8) is 0 Å². The summed E-state index contributed by atoms with van der Waals surface area (Å²) in [5.74, 6) is -2.62. The standard InChI is InChI=1S/C18H15F2NO3/c1-18(23,15-9-11-5-2-3-8-14(11)24-15)10-21-17(22)16-12(19)6-4-7-13(16)20/h2-9,23H,10H2,1H3,(H,21,22)/t18-/m0/s1. The van der Waals surface area contributed by atoms with Crippen LogP contribution in [0.2, 0.25) is 0 Å². The largest absolute Gasteiger partial charge is 0.458 e. The van der Waals surface area contributed by atoms with Crippen molar-refractivity contribution in [3.8, 4) is 0 Å². The van der Waals surface area contributed by atoms with Crippen molar-refractivity contribution in [1.82, 2.24) is 5.32 Å². The Bertz CT molecular complexity index is 849. The van der Waals surface area contributed by atoms with Crippen LogP contribution in [0.1, 0.15) is 23.0 Å². The number of furan rings is 1. The van der Waals surface area contributed by atoms with Crippen LogP contribution in [0.25, 0.3) is 11.0 Å². The van der Waals surface area contributed by atoms with Crippen LogP contribution in [0.15, 0.2) is 52.9 Å². The van der Waals surface area contributed by atoms with Crippen LogP contribution < -0.4 is 5.32 Å². The molecule has 0 saturated heterocycles. The van der Waals surface area contributed by atoms with Gasteiger partial charge < -0.3 is 14.8 Å². The summed E-state index contributed by atoms with van der Waals surface area (Å²) in [7, 11) is 0. The molecule has 2 aromatic carbocycles. The Labute approximate surface area is 136 Å². The molecule has 0 spiro atoms. The Morgan fingerprint density at radius 2 is 1.83 bits per heavy atom. The van der Waals surface area contributed by atoms with Crippen LogP contribution in [0.5, 0.6) is 0 Å². The molecule has 1 amide bonds. The van der Waals surface area contributed by atoms with E-state index in [0.717, 1.165) is 17.5 Å². The summed E-state index contributed by atoms with van der Waals surface area (Å²) in [5.41, 5.74) is -1.62. The SMILES string of the molecule is C[C@](O)(CNC(=O)c1c(F)cccc1F)c1cc2ccccc2o1. The molecule has 0 unspecified atom stereocenters. The summed E-state index contributed by atoms with van der Waals surface area (Å²) < 4.78 is 32.8. The van der Waals surface area contributed by atoms with Gasteiger partial charge in [-0.3, -0.25) is 4.79 Å². The topological polar surface area (TPSA) is 62.5 Å². The zero-order valence-electron chi connectivity index (χ0n) is 12.8. The highest BCUT2D eigenvalue weighted by atomic mass is 19.1. The zero-order valence-corrected chi connectivity index (χ0v) is 12.8. The van der Waals surface area contributed by atoms with Gasteiger partial charge in [0.2, 0.25) is 0 Å². The maximum atomic E-state index is 13.6. The van der Waals surface area contributed by atoms with E-state index in [4.69, 9.17) is 4.42 Å². The van der Waals surface area contributed by atoms with Gasteiger partial charge in [-0.1, -0.05) is 24.3 Å². The Balaban J connectivity index is 1.78. The molecular formula is C18H15F2NO3. The Morgan fingerprint density at radius 3 is 2.50 bits per heavy atom. The second-order valence-electron chi connectivity index (χ2n) is 5.70. The number of amides is 1. The first-order valence-electron chi connectivity index (χ1n) is 7.32. The van der Waals surface area contributed by atoms with Crippen molar-refractivity contribution in [2.75, 3.05) is 6.54 Å². The number of hydrogen-bond acceptors (Lipinski definition) is 3. The number of carbonyl (C=O) groups is 1. The third kappa shape index (κ3) is 3.00. The van der Waals surface area contributed by atoms with Gasteiger partial charge in [0.25, 0.3) is 5.91 Å². The quantitative estimate of drug-likeness (QED) is 0.771. The third-order valence-electron chi connectivity index (χ3n) is 3.74. The Hall–Kier alpha value is -2.73. The van der Waals surface area contributed by atoms with E-state index >= 15 is 0 Å². The Kier molecular flexibility index (Phi) is 4.07. The highest BCUT2D eigenvalue weighted by Crippen LogP contribution is 2.27. The van der Waals surface area contributed by atoms with Crippen molar-refractivity contribution < 1.29 is 23.1 Å². The molecule has 0 bridgehead atoms. The van der Waals surface area contributed by atoms with Gasteiger partial charge in [-0.2, -0.15) is 0 Å². The van der Waals surface area contributed by atoms with E-state index in [1.54, 1.807) is 18.2 Å². The molecule has 0 aliphatic rings. The number of benzene rings is 2. The van der Waals surface area contributed by atoms with Gasteiger partial charge in [0.1, 0.15) is 34.1 Å². The monoisotopic (exact) mass is 331 g/mol. The molecule has 0 aliphatic carbocycles. The fourth-order valence-electron chi connectivity index (χ4n) is 2.39. The van der Waals surface area contributed by atoms with Crippen LogP contribution in [-0.2, 0) is 5.60 Å². The molecule has 0 saturated carbocycles. The Morgan fingerprint density at radius 1 is 1.17 bits per heavy atom. The lowest BCUT2D eigenvalue weighted by Crippen LogP contribution is -2.39. The van der Waals surface area contributed by atoms with E-state index in [0.29, 0.717) is 5.58 Å². The first-order chi connectivity index (χ1) is 11.4. The normalized spacial score (nSPS) is 13.7. The zero-order chi connectivity index (χ0) is 17.3.